The molecule has 1 aromatic heterocycles. The van der Waals surface area contributed by atoms with Gasteiger partial charge in [0.15, 0.2) is 5.75 Å². The molecule has 1 aliphatic heterocycles. The Balaban J connectivity index is 2.32. The van der Waals surface area contributed by atoms with Crippen LogP contribution in [-0.4, -0.2) is 40.7 Å². The van der Waals surface area contributed by atoms with E-state index >= 15 is 0 Å². The van der Waals surface area contributed by atoms with E-state index in [1.807, 2.05) is 19.1 Å². The standard InChI is InChI=1S/C11H16N2O4S/c1-8-3-4-10-9(2)13(6-5-12(8)10)18(16,17)7-11(14)15/h3-4,9H,5-7H2,1-2H3,(H,14,15). The first kappa shape index (κ1) is 13.1. The number of aliphatic carboxylic acids is 1. The average Bonchev–Trinajstić information content (AvgIpc) is 2.59. The number of nitrogens with zero attached hydrogens (tertiary/aromatic N) is 2. The summed E-state index contributed by atoms with van der Waals surface area (Å²) in [6, 6.07) is 3.51. The molecule has 6 nitrogen and oxygen atoms in total. The molecule has 0 amide bonds. The first-order valence-corrected chi connectivity index (χ1v) is 7.31. The molecule has 1 aliphatic rings. The van der Waals surface area contributed by atoms with Gasteiger partial charge < -0.3 is 9.67 Å². The smallest absolute Gasteiger partial charge is 0.320 e. The summed E-state index contributed by atoms with van der Waals surface area (Å²) in [5.74, 6) is -2.17. The van der Waals surface area contributed by atoms with E-state index in [1.165, 1.54) is 4.31 Å². The Morgan fingerprint density at radius 2 is 2.11 bits per heavy atom. The van der Waals surface area contributed by atoms with E-state index in [1.54, 1.807) is 6.92 Å². The molecule has 0 spiro atoms. The number of aromatic nitrogens is 1. The summed E-state index contributed by atoms with van der Waals surface area (Å²) in [7, 11) is -3.74. The van der Waals surface area contributed by atoms with E-state index in [0.717, 1.165) is 11.4 Å². The minimum atomic E-state index is -3.74. The molecule has 0 bridgehead atoms. The normalized spacial score (nSPS) is 20.7. The molecule has 18 heavy (non-hydrogen) atoms. The number of carboxylic acids is 1. The number of sulfonamides is 1. The van der Waals surface area contributed by atoms with Crippen LogP contribution >= 0.6 is 0 Å². The van der Waals surface area contributed by atoms with E-state index in [-0.39, 0.29) is 6.04 Å². The molecule has 0 saturated carbocycles. The monoisotopic (exact) mass is 272 g/mol. The van der Waals surface area contributed by atoms with Crippen LogP contribution in [0.15, 0.2) is 12.1 Å². The summed E-state index contributed by atoms with van der Waals surface area (Å²) >= 11 is 0. The van der Waals surface area contributed by atoms with Crippen molar-refractivity contribution >= 4 is 16.0 Å². The fraction of sp³-hybridized carbons (Fsp3) is 0.545. The lowest BCUT2D eigenvalue weighted by Crippen LogP contribution is -2.43. The lowest BCUT2D eigenvalue weighted by atomic mass is 10.2. The third-order valence-corrected chi connectivity index (χ3v) is 5.13. The van der Waals surface area contributed by atoms with Crippen LogP contribution in [0.1, 0.15) is 24.4 Å². The van der Waals surface area contributed by atoms with Crippen LogP contribution in [0.25, 0.3) is 0 Å². The Hall–Kier alpha value is -1.34. The zero-order valence-electron chi connectivity index (χ0n) is 10.3. The maximum absolute atomic E-state index is 12.0. The first-order chi connectivity index (χ1) is 8.33. The van der Waals surface area contributed by atoms with Crippen LogP contribution < -0.4 is 0 Å². The zero-order valence-corrected chi connectivity index (χ0v) is 11.1. The zero-order chi connectivity index (χ0) is 13.5. The molecule has 0 aromatic carbocycles. The molecule has 2 heterocycles. The van der Waals surface area contributed by atoms with Gasteiger partial charge in [-0.1, -0.05) is 0 Å². The van der Waals surface area contributed by atoms with Gasteiger partial charge in [0.2, 0.25) is 10.0 Å². The van der Waals surface area contributed by atoms with Crippen molar-refractivity contribution in [3.8, 4) is 0 Å². The molecule has 0 saturated heterocycles. The average molecular weight is 272 g/mol. The second-order valence-corrected chi connectivity index (χ2v) is 6.41. The Labute approximate surface area is 106 Å². The van der Waals surface area contributed by atoms with Gasteiger partial charge in [-0.05, 0) is 26.0 Å². The second kappa shape index (κ2) is 4.40. The summed E-state index contributed by atoms with van der Waals surface area (Å²) in [4.78, 5) is 10.6. The molecular formula is C11H16N2O4S. The number of fused-ring (bicyclic) bond motifs is 1. The largest absolute Gasteiger partial charge is 0.480 e. The molecular weight excluding hydrogens is 256 g/mol. The van der Waals surface area contributed by atoms with Gasteiger partial charge in [0, 0.05) is 24.5 Å². The number of carboxylic acid groups (broad SMARTS) is 1. The number of hydrogen-bond donors (Lipinski definition) is 1. The van der Waals surface area contributed by atoms with Gasteiger partial charge in [-0.3, -0.25) is 4.79 Å². The highest BCUT2D eigenvalue weighted by atomic mass is 32.2. The molecule has 100 valence electrons. The predicted octanol–water partition coefficient (Wildman–Crippen LogP) is 0.588. The topological polar surface area (TPSA) is 79.6 Å². The fourth-order valence-electron chi connectivity index (χ4n) is 2.42. The maximum atomic E-state index is 12.0. The molecule has 1 aromatic rings. The fourth-order valence-corrected chi connectivity index (χ4v) is 3.85. The van der Waals surface area contributed by atoms with Crippen LogP contribution in [0.5, 0.6) is 0 Å². The molecule has 0 aliphatic carbocycles. The lowest BCUT2D eigenvalue weighted by molar-refractivity contribution is -0.134. The van der Waals surface area contributed by atoms with Crippen molar-refractivity contribution in [3.63, 3.8) is 0 Å². The van der Waals surface area contributed by atoms with Crippen molar-refractivity contribution in [1.29, 1.82) is 0 Å². The van der Waals surface area contributed by atoms with Crippen molar-refractivity contribution < 1.29 is 18.3 Å². The highest BCUT2D eigenvalue weighted by molar-refractivity contribution is 7.89. The molecule has 1 unspecified atom stereocenters. The third kappa shape index (κ3) is 2.15. The minimum absolute atomic E-state index is 0.319. The highest BCUT2D eigenvalue weighted by Crippen LogP contribution is 2.29. The van der Waals surface area contributed by atoms with Crippen LogP contribution in [0.4, 0.5) is 0 Å². The van der Waals surface area contributed by atoms with Crippen molar-refractivity contribution in [2.24, 2.45) is 0 Å². The Morgan fingerprint density at radius 3 is 2.72 bits per heavy atom. The predicted molar refractivity (Wildman–Crippen MR) is 65.7 cm³/mol. The lowest BCUT2D eigenvalue weighted by Gasteiger charge is -2.34. The molecule has 7 heteroatoms. The van der Waals surface area contributed by atoms with Crippen molar-refractivity contribution in [2.75, 3.05) is 12.3 Å². The Morgan fingerprint density at radius 1 is 1.44 bits per heavy atom. The molecule has 1 N–H and O–H groups in total. The van der Waals surface area contributed by atoms with Gasteiger partial charge in [0.1, 0.15) is 0 Å². The number of rotatable bonds is 3. The van der Waals surface area contributed by atoms with Gasteiger partial charge in [0.05, 0.1) is 6.04 Å². The van der Waals surface area contributed by atoms with Gasteiger partial charge in [-0.25, -0.2) is 8.42 Å². The highest BCUT2D eigenvalue weighted by Gasteiger charge is 2.34. The van der Waals surface area contributed by atoms with Crippen LogP contribution in [0.2, 0.25) is 0 Å². The second-order valence-electron chi connectivity index (χ2n) is 4.49. The van der Waals surface area contributed by atoms with E-state index < -0.39 is 21.7 Å². The number of hydrogen-bond acceptors (Lipinski definition) is 3. The van der Waals surface area contributed by atoms with Gasteiger partial charge in [-0.2, -0.15) is 4.31 Å². The molecule has 0 radical (unpaired) electrons. The summed E-state index contributed by atoms with van der Waals surface area (Å²) in [5.41, 5.74) is 2.00. The quantitative estimate of drug-likeness (QED) is 0.873. The van der Waals surface area contributed by atoms with E-state index in [2.05, 4.69) is 4.57 Å². The molecule has 2 rings (SSSR count). The SMILES string of the molecule is Cc1ccc2n1CCN(S(=O)(=O)CC(=O)O)C2C. The maximum Gasteiger partial charge on any atom is 0.320 e. The summed E-state index contributed by atoms with van der Waals surface area (Å²) in [6.07, 6.45) is 0. The third-order valence-electron chi connectivity index (χ3n) is 3.30. The Kier molecular flexibility index (Phi) is 3.20. The van der Waals surface area contributed by atoms with Crippen molar-refractivity contribution in [3.05, 3.63) is 23.5 Å². The number of aryl methyl sites for hydroxylation is 1. The minimum Gasteiger partial charge on any atom is -0.480 e. The summed E-state index contributed by atoms with van der Waals surface area (Å²) < 4.78 is 27.3. The van der Waals surface area contributed by atoms with E-state index in [4.69, 9.17) is 5.11 Å². The molecule has 0 fully saturated rings. The van der Waals surface area contributed by atoms with Crippen molar-refractivity contribution in [1.82, 2.24) is 8.87 Å². The number of carbonyl (C=O) groups is 1. The van der Waals surface area contributed by atoms with Crippen LogP contribution in [-0.2, 0) is 21.4 Å². The van der Waals surface area contributed by atoms with Crippen LogP contribution in [0.3, 0.4) is 0 Å². The Bertz CT molecular complexity index is 576. The van der Waals surface area contributed by atoms with Crippen molar-refractivity contribution in [2.45, 2.75) is 26.4 Å². The summed E-state index contributed by atoms with van der Waals surface area (Å²) in [6.45, 7) is 4.64. The van der Waals surface area contributed by atoms with Gasteiger partial charge >= 0.3 is 5.97 Å². The van der Waals surface area contributed by atoms with Crippen LogP contribution in [0, 0.1) is 6.92 Å². The first-order valence-electron chi connectivity index (χ1n) is 5.70. The van der Waals surface area contributed by atoms with E-state index in [0.29, 0.717) is 13.1 Å². The van der Waals surface area contributed by atoms with Gasteiger partial charge in [0.25, 0.3) is 0 Å². The summed E-state index contributed by atoms with van der Waals surface area (Å²) in [5, 5.41) is 8.65. The van der Waals surface area contributed by atoms with Gasteiger partial charge in [-0.15, -0.1) is 0 Å². The molecule has 1 atom stereocenters. The van der Waals surface area contributed by atoms with E-state index in [9.17, 15) is 13.2 Å².